The highest BCUT2D eigenvalue weighted by Crippen LogP contribution is 2.36. The Morgan fingerprint density at radius 1 is 1.40 bits per heavy atom. The Kier molecular flexibility index (Phi) is 4.10. The molecule has 25 heavy (non-hydrogen) atoms. The van der Waals surface area contributed by atoms with Crippen molar-refractivity contribution in [2.45, 2.75) is 38.1 Å². The maximum absolute atomic E-state index is 9.24. The molecule has 3 aromatic heterocycles. The molecule has 1 fully saturated rings. The lowest BCUT2D eigenvalue weighted by atomic mass is 9.96. The van der Waals surface area contributed by atoms with Crippen molar-refractivity contribution in [1.82, 2.24) is 24.4 Å². The number of anilines is 1. The van der Waals surface area contributed by atoms with Crippen LogP contribution < -0.4 is 5.32 Å². The average molecular weight is 335 g/mol. The third-order valence-electron chi connectivity index (χ3n) is 5.07. The number of hydrogen-bond acceptors (Lipinski definition) is 5. The van der Waals surface area contributed by atoms with Crippen LogP contribution in [0.25, 0.3) is 16.8 Å². The highest BCUT2D eigenvalue weighted by Gasteiger charge is 2.27. The lowest BCUT2D eigenvalue weighted by molar-refractivity contribution is 0.315. The molecule has 0 radical (unpaired) electrons. The smallest absolute Gasteiger partial charge is 0.241 e. The topological polar surface area (TPSA) is 83.8 Å². The second kappa shape index (κ2) is 6.55. The fourth-order valence-electron chi connectivity index (χ4n) is 3.81. The van der Waals surface area contributed by atoms with Crippen LogP contribution in [0.2, 0.25) is 0 Å². The molecule has 1 aliphatic carbocycles. The van der Waals surface area contributed by atoms with Crippen LogP contribution in [-0.2, 0) is 0 Å². The molecule has 0 bridgehead atoms. The fourth-order valence-corrected chi connectivity index (χ4v) is 3.81. The minimum atomic E-state index is 0.148. The number of nitrogens with one attached hydrogen (secondary N) is 1. The Balaban J connectivity index is 1.73. The van der Waals surface area contributed by atoms with Crippen LogP contribution in [0.15, 0.2) is 30.7 Å². The molecule has 0 aromatic carbocycles. The van der Waals surface area contributed by atoms with Gasteiger partial charge >= 0.3 is 0 Å². The Bertz CT molecular complexity index is 911. The van der Waals surface area contributed by atoms with Crippen molar-refractivity contribution in [3.63, 3.8) is 0 Å². The third-order valence-corrected chi connectivity index (χ3v) is 5.07. The van der Waals surface area contributed by atoms with Crippen LogP contribution in [0.3, 0.4) is 0 Å². The van der Waals surface area contributed by atoms with E-state index in [4.69, 9.17) is 0 Å². The fraction of sp³-hybridized carbons (Fsp3) is 0.444. The van der Waals surface area contributed by atoms with Gasteiger partial charge in [-0.2, -0.15) is 10.4 Å². The SMILES string of the molecule is CNc1nc(-c2cnn(C(CC#N)C3CCCC3)c2)c2cccn2n1. The Hall–Kier alpha value is -2.88. The predicted molar refractivity (Wildman–Crippen MR) is 95.0 cm³/mol. The molecular formula is C18H21N7. The van der Waals surface area contributed by atoms with Gasteiger partial charge in [0.15, 0.2) is 0 Å². The molecule has 0 spiro atoms. The first-order chi connectivity index (χ1) is 12.3. The van der Waals surface area contributed by atoms with E-state index in [-0.39, 0.29) is 6.04 Å². The zero-order valence-corrected chi connectivity index (χ0v) is 14.3. The van der Waals surface area contributed by atoms with E-state index in [1.54, 1.807) is 7.05 Å². The Labute approximate surface area is 146 Å². The molecule has 1 unspecified atom stereocenters. The molecule has 0 saturated heterocycles. The first-order valence-corrected chi connectivity index (χ1v) is 8.75. The molecule has 7 heteroatoms. The minimum Gasteiger partial charge on any atom is -0.356 e. The number of hydrogen-bond donors (Lipinski definition) is 1. The van der Waals surface area contributed by atoms with Gasteiger partial charge in [-0.3, -0.25) is 4.68 Å². The molecule has 1 N–H and O–H groups in total. The largest absolute Gasteiger partial charge is 0.356 e. The van der Waals surface area contributed by atoms with Crippen LogP contribution in [0.4, 0.5) is 5.95 Å². The Morgan fingerprint density at radius 3 is 3.00 bits per heavy atom. The van der Waals surface area contributed by atoms with Crippen molar-refractivity contribution in [1.29, 1.82) is 5.26 Å². The molecule has 0 aliphatic heterocycles. The maximum atomic E-state index is 9.24. The molecule has 4 rings (SSSR count). The van der Waals surface area contributed by atoms with E-state index >= 15 is 0 Å². The molecular weight excluding hydrogens is 314 g/mol. The summed E-state index contributed by atoms with van der Waals surface area (Å²) >= 11 is 0. The zero-order valence-electron chi connectivity index (χ0n) is 14.3. The maximum Gasteiger partial charge on any atom is 0.241 e. The molecule has 128 valence electrons. The highest BCUT2D eigenvalue weighted by atomic mass is 15.3. The van der Waals surface area contributed by atoms with Crippen LogP contribution >= 0.6 is 0 Å². The van der Waals surface area contributed by atoms with Crippen molar-refractivity contribution < 1.29 is 0 Å². The monoisotopic (exact) mass is 335 g/mol. The molecule has 3 aromatic rings. The van der Waals surface area contributed by atoms with Crippen LogP contribution in [-0.4, -0.2) is 31.4 Å². The van der Waals surface area contributed by atoms with Crippen molar-refractivity contribution >= 4 is 11.5 Å². The van der Waals surface area contributed by atoms with Crippen molar-refractivity contribution in [3.8, 4) is 17.3 Å². The first kappa shape index (κ1) is 15.6. The lowest BCUT2D eigenvalue weighted by Crippen LogP contribution is -2.17. The highest BCUT2D eigenvalue weighted by molar-refractivity contribution is 5.76. The molecule has 1 aliphatic rings. The van der Waals surface area contributed by atoms with Crippen LogP contribution in [0.1, 0.15) is 38.1 Å². The third kappa shape index (κ3) is 2.84. The van der Waals surface area contributed by atoms with Crippen LogP contribution in [0.5, 0.6) is 0 Å². The molecule has 0 amide bonds. The van der Waals surface area contributed by atoms with E-state index in [0.717, 1.165) is 16.8 Å². The van der Waals surface area contributed by atoms with Gasteiger partial charge in [-0.15, -0.1) is 5.10 Å². The van der Waals surface area contributed by atoms with Gasteiger partial charge in [-0.1, -0.05) is 12.8 Å². The van der Waals surface area contributed by atoms with Gasteiger partial charge < -0.3 is 5.32 Å². The first-order valence-electron chi connectivity index (χ1n) is 8.75. The van der Waals surface area contributed by atoms with E-state index in [1.807, 2.05) is 39.9 Å². The van der Waals surface area contributed by atoms with Gasteiger partial charge in [0, 0.05) is 25.0 Å². The van der Waals surface area contributed by atoms with Crippen molar-refractivity contribution in [3.05, 3.63) is 30.7 Å². The number of fused-ring (bicyclic) bond motifs is 1. The average Bonchev–Trinajstić information content (AvgIpc) is 3.39. The van der Waals surface area contributed by atoms with Gasteiger partial charge in [0.2, 0.25) is 5.95 Å². The molecule has 1 atom stereocenters. The lowest BCUT2D eigenvalue weighted by Gasteiger charge is -2.21. The van der Waals surface area contributed by atoms with Crippen molar-refractivity contribution in [2.75, 3.05) is 12.4 Å². The summed E-state index contributed by atoms with van der Waals surface area (Å²) in [5.41, 5.74) is 2.73. The van der Waals surface area contributed by atoms with Gasteiger partial charge in [0.05, 0.1) is 30.2 Å². The van der Waals surface area contributed by atoms with Crippen LogP contribution in [0, 0.1) is 17.2 Å². The van der Waals surface area contributed by atoms with E-state index in [9.17, 15) is 5.26 Å². The second-order valence-corrected chi connectivity index (χ2v) is 6.56. The minimum absolute atomic E-state index is 0.148. The van der Waals surface area contributed by atoms with E-state index < -0.39 is 0 Å². The van der Waals surface area contributed by atoms with E-state index in [2.05, 4.69) is 26.6 Å². The number of rotatable bonds is 5. The summed E-state index contributed by atoms with van der Waals surface area (Å²) in [7, 11) is 1.81. The number of nitrogens with zero attached hydrogens (tertiary/aromatic N) is 6. The second-order valence-electron chi connectivity index (χ2n) is 6.56. The van der Waals surface area contributed by atoms with Gasteiger partial charge in [-0.25, -0.2) is 9.50 Å². The van der Waals surface area contributed by atoms with Gasteiger partial charge in [-0.05, 0) is 30.9 Å². The zero-order chi connectivity index (χ0) is 17.2. The molecule has 3 heterocycles. The standard InChI is InChI=1S/C18H21N7/c1-20-18-22-17(16-7-4-10-24(16)23-18)14-11-21-25(12-14)15(8-9-19)13-5-2-3-6-13/h4,7,10-13,15H,2-3,5-6,8H2,1H3,(H,20,23). The Morgan fingerprint density at radius 2 is 2.24 bits per heavy atom. The van der Waals surface area contributed by atoms with E-state index in [0.29, 0.717) is 18.3 Å². The quantitative estimate of drug-likeness (QED) is 0.773. The summed E-state index contributed by atoms with van der Waals surface area (Å²) in [5.74, 6) is 1.11. The predicted octanol–water partition coefficient (Wildman–Crippen LogP) is 3.28. The summed E-state index contributed by atoms with van der Waals surface area (Å²) in [4.78, 5) is 4.62. The number of nitriles is 1. The van der Waals surface area contributed by atoms with Gasteiger partial charge in [0.25, 0.3) is 0 Å². The summed E-state index contributed by atoms with van der Waals surface area (Å²) in [5, 5.41) is 21.2. The molecule has 1 saturated carbocycles. The normalized spacial score (nSPS) is 16.2. The van der Waals surface area contributed by atoms with Crippen molar-refractivity contribution in [2.24, 2.45) is 5.92 Å². The molecule has 7 nitrogen and oxygen atoms in total. The summed E-state index contributed by atoms with van der Waals surface area (Å²) < 4.78 is 3.78. The van der Waals surface area contributed by atoms with Gasteiger partial charge in [0.1, 0.15) is 5.69 Å². The van der Waals surface area contributed by atoms with E-state index in [1.165, 1.54) is 25.7 Å². The number of aromatic nitrogens is 5. The summed E-state index contributed by atoms with van der Waals surface area (Å²) in [6.07, 6.45) is 11.1. The summed E-state index contributed by atoms with van der Waals surface area (Å²) in [6.45, 7) is 0. The summed E-state index contributed by atoms with van der Waals surface area (Å²) in [6, 6.07) is 6.43.